The Morgan fingerprint density at radius 2 is 2.38 bits per heavy atom. The smallest absolute Gasteiger partial charge is 0.127 e. The predicted molar refractivity (Wildman–Crippen MR) is 62.3 cm³/mol. The fraction of sp³-hybridized carbons (Fsp3) is 0.500. The molecule has 1 atom stereocenters. The van der Waals surface area contributed by atoms with E-state index in [0.29, 0.717) is 23.6 Å². The highest BCUT2D eigenvalue weighted by Crippen LogP contribution is 2.22. The molecule has 1 aliphatic rings. The Labute approximate surface area is 99.7 Å². The Morgan fingerprint density at radius 1 is 1.50 bits per heavy atom. The summed E-state index contributed by atoms with van der Waals surface area (Å²) in [5, 5.41) is 3.77. The summed E-state index contributed by atoms with van der Waals surface area (Å²) in [7, 11) is 0. The quantitative estimate of drug-likeness (QED) is 0.860. The molecule has 0 amide bonds. The van der Waals surface area contributed by atoms with Gasteiger partial charge in [-0.3, -0.25) is 0 Å². The summed E-state index contributed by atoms with van der Waals surface area (Å²) in [4.78, 5) is 0. The maximum absolute atomic E-state index is 13.6. The number of ether oxygens (including phenoxy) is 1. The van der Waals surface area contributed by atoms with E-state index in [1.807, 2.05) is 0 Å². The van der Waals surface area contributed by atoms with Crippen LogP contribution in [0.1, 0.15) is 5.56 Å². The standard InChI is InChI=1S/C12H15ClFNO/c13-11-2-1-3-12(14)10(11)6-9-7-15-4-5-16-8-9/h1-3,9,15H,4-8H2. The molecule has 1 saturated heterocycles. The van der Waals surface area contributed by atoms with Crippen LogP contribution in [0.25, 0.3) is 0 Å². The van der Waals surface area contributed by atoms with Gasteiger partial charge >= 0.3 is 0 Å². The SMILES string of the molecule is Fc1cccc(Cl)c1CC1CNCCOC1. The maximum atomic E-state index is 13.6. The van der Waals surface area contributed by atoms with E-state index in [2.05, 4.69) is 5.32 Å². The van der Waals surface area contributed by atoms with Crippen molar-refractivity contribution < 1.29 is 9.13 Å². The van der Waals surface area contributed by atoms with Crippen molar-refractivity contribution in [2.75, 3.05) is 26.3 Å². The van der Waals surface area contributed by atoms with E-state index in [9.17, 15) is 4.39 Å². The van der Waals surface area contributed by atoms with Gasteiger partial charge in [-0.2, -0.15) is 0 Å². The van der Waals surface area contributed by atoms with Crippen LogP contribution in [-0.4, -0.2) is 26.3 Å². The first-order chi connectivity index (χ1) is 7.77. The maximum Gasteiger partial charge on any atom is 0.127 e. The lowest BCUT2D eigenvalue weighted by atomic mass is 9.99. The van der Waals surface area contributed by atoms with Crippen molar-refractivity contribution >= 4 is 11.6 Å². The zero-order valence-electron chi connectivity index (χ0n) is 9.01. The summed E-state index contributed by atoms with van der Waals surface area (Å²) in [6, 6.07) is 4.81. The predicted octanol–water partition coefficient (Wildman–Crippen LogP) is 2.26. The minimum atomic E-state index is -0.225. The molecular formula is C12H15ClFNO. The molecule has 1 N–H and O–H groups in total. The van der Waals surface area contributed by atoms with Crippen LogP contribution in [-0.2, 0) is 11.2 Å². The molecule has 2 nitrogen and oxygen atoms in total. The molecule has 0 saturated carbocycles. The van der Waals surface area contributed by atoms with Gasteiger partial charge in [0.1, 0.15) is 5.82 Å². The average Bonchev–Trinajstić information content (AvgIpc) is 2.52. The first-order valence-electron chi connectivity index (χ1n) is 5.48. The first-order valence-corrected chi connectivity index (χ1v) is 5.86. The molecule has 0 aliphatic carbocycles. The zero-order chi connectivity index (χ0) is 11.4. The molecule has 1 fully saturated rings. The summed E-state index contributed by atoms with van der Waals surface area (Å²) in [6.45, 7) is 3.10. The monoisotopic (exact) mass is 243 g/mol. The number of rotatable bonds is 2. The molecule has 1 heterocycles. The molecule has 1 unspecified atom stereocenters. The van der Waals surface area contributed by atoms with Crippen molar-refractivity contribution in [2.45, 2.75) is 6.42 Å². The molecule has 4 heteroatoms. The van der Waals surface area contributed by atoms with E-state index < -0.39 is 0 Å². The molecule has 16 heavy (non-hydrogen) atoms. The van der Waals surface area contributed by atoms with Crippen LogP contribution in [0.5, 0.6) is 0 Å². The Morgan fingerprint density at radius 3 is 3.19 bits per heavy atom. The number of hydrogen-bond acceptors (Lipinski definition) is 2. The fourth-order valence-corrected chi connectivity index (χ4v) is 2.15. The van der Waals surface area contributed by atoms with E-state index in [1.54, 1.807) is 12.1 Å². The lowest BCUT2D eigenvalue weighted by Crippen LogP contribution is -2.24. The zero-order valence-corrected chi connectivity index (χ0v) is 9.77. The van der Waals surface area contributed by atoms with E-state index in [4.69, 9.17) is 16.3 Å². The third kappa shape index (κ3) is 2.94. The molecule has 1 aromatic carbocycles. The largest absolute Gasteiger partial charge is 0.380 e. The summed E-state index contributed by atoms with van der Waals surface area (Å²) in [6.07, 6.45) is 0.624. The van der Waals surface area contributed by atoms with Gasteiger partial charge in [-0.1, -0.05) is 17.7 Å². The second-order valence-corrected chi connectivity index (χ2v) is 4.46. The van der Waals surface area contributed by atoms with E-state index in [-0.39, 0.29) is 11.7 Å². The van der Waals surface area contributed by atoms with Gasteiger partial charge < -0.3 is 10.1 Å². The van der Waals surface area contributed by atoms with Gasteiger partial charge in [0.15, 0.2) is 0 Å². The molecule has 1 aromatic rings. The van der Waals surface area contributed by atoms with Gasteiger partial charge in [-0.05, 0) is 24.5 Å². The molecule has 0 aromatic heterocycles. The van der Waals surface area contributed by atoms with Gasteiger partial charge in [0.25, 0.3) is 0 Å². The highest BCUT2D eigenvalue weighted by atomic mass is 35.5. The minimum Gasteiger partial charge on any atom is -0.380 e. The van der Waals surface area contributed by atoms with Gasteiger partial charge in [-0.25, -0.2) is 4.39 Å². The Hall–Kier alpha value is -0.640. The number of benzene rings is 1. The van der Waals surface area contributed by atoms with Crippen molar-refractivity contribution in [1.82, 2.24) is 5.32 Å². The lowest BCUT2D eigenvalue weighted by Gasteiger charge is -2.15. The normalized spacial score (nSPS) is 21.8. The molecule has 2 rings (SSSR count). The van der Waals surface area contributed by atoms with Crippen LogP contribution in [0, 0.1) is 11.7 Å². The average molecular weight is 244 g/mol. The highest BCUT2D eigenvalue weighted by molar-refractivity contribution is 6.31. The second-order valence-electron chi connectivity index (χ2n) is 4.05. The third-order valence-electron chi connectivity index (χ3n) is 2.76. The molecule has 0 radical (unpaired) electrons. The minimum absolute atomic E-state index is 0.225. The first kappa shape index (κ1) is 11.8. The third-order valence-corrected chi connectivity index (χ3v) is 3.12. The van der Waals surface area contributed by atoms with Crippen molar-refractivity contribution in [3.05, 3.63) is 34.6 Å². The van der Waals surface area contributed by atoms with Crippen LogP contribution in [0.15, 0.2) is 18.2 Å². The Kier molecular flexibility index (Phi) is 4.16. The van der Waals surface area contributed by atoms with Crippen LogP contribution < -0.4 is 5.32 Å². The van der Waals surface area contributed by atoms with Crippen molar-refractivity contribution in [1.29, 1.82) is 0 Å². The van der Waals surface area contributed by atoms with Gasteiger partial charge in [0.2, 0.25) is 0 Å². The molecule has 1 aliphatic heterocycles. The molecule has 88 valence electrons. The summed E-state index contributed by atoms with van der Waals surface area (Å²) in [5.74, 6) is 0.0636. The summed E-state index contributed by atoms with van der Waals surface area (Å²) < 4.78 is 19.0. The highest BCUT2D eigenvalue weighted by Gasteiger charge is 2.16. The van der Waals surface area contributed by atoms with E-state index in [1.165, 1.54) is 6.07 Å². The van der Waals surface area contributed by atoms with Crippen LogP contribution in [0.4, 0.5) is 4.39 Å². The second kappa shape index (κ2) is 5.62. The van der Waals surface area contributed by atoms with E-state index >= 15 is 0 Å². The Balaban J connectivity index is 2.07. The van der Waals surface area contributed by atoms with Crippen LogP contribution in [0.3, 0.4) is 0 Å². The van der Waals surface area contributed by atoms with Crippen molar-refractivity contribution in [3.63, 3.8) is 0 Å². The summed E-state index contributed by atoms with van der Waals surface area (Å²) >= 11 is 5.99. The number of hydrogen-bond donors (Lipinski definition) is 1. The van der Waals surface area contributed by atoms with Crippen molar-refractivity contribution in [3.8, 4) is 0 Å². The lowest BCUT2D eigenvalue weighted by molar-refractivity contribution is 0.123. The topological polar surface area (TPSA) is 21.3 Å². The van der Waals surface area contributed by atoms with Crippen LogP contribution >= 0.6 is 11.6 Å². The molecular weight excluding hydrogens is 229 g/mol. The molecule has 0 bridgehead atoms. The van der Waals surface area contributed by atoms with Gasteiger partial charge in [0.05, 0.1) is 13.2 Å². The number of halogens is 2. The summed E-state index contributed by atoms with van der Waals surface area (Å²) in [5.41, 5.74) is 0.599. The molecule has 0 spiro atoms. The fourth-order valence-electron chi connectivity index (χ4n) is 1.91. The van der Waals surface area contributed by atoms with Crippen LogP contribution in [0.2, 0.25) is 5.02 Å². The van der Waals surface area contributed by atoms with Gasteiger partial charge in [0, 0.05) is 23.7 Å². The van der Waals surface area contributed by atoms with Gasteiger partial charge in [-0.15, -0.1) is 0 Å². The Bertz CT molecular complexity index is 331. The van der Waals surface area contributed by atoms with Crippen molar-refractivity contribution in [2.24, 2.45) is 5.92 Å². The number of nitrogens with one attached hydrogen (secondary N) is 1. The van der Waals surface area contributed by atoms with E-state index in [0.717, 1.165) is 19.7 Å².